The normalized spacial score (nSPS) is 20.2. The number of morpholine rings is 1. The molecule has 0 aliphatic carbocycles. The Hall–Kier alpha value is -3.31. The zero-order chi connectivity index (χ0) is 23.3. The molecule has 5 heteroatoms. The first-order valence-electron chi connectivity index (χ1n) is 12.2. The Morgan fingerprint density at radius 1 is 0.882 bits per heavy atom. The van der Waals surface area contributed by atoms with Crippen LogP contribution in [0, 0.1) is 5.92 Å². The van der Waals surface area contributed by atoms with E-state index in [0.29, 0.717) is 0 Å². The molecule has 3 aromatic rings. The van der Waals surface area contributed by atoms with Crippen LogP contribution in [0.5, 0.6) is 5.75 Å². The van der Waals surface area contributed by atoms with Crippen LogP contribution in [0.2, 0.25) is 0 Å². The number of carbonyl (C=O) groups excluding carboxylic acids is 1. The Morgan fingerprint density at radius 3 is 2.24 bits per heavy atom. The monoisotopic (exact) mass is 456 g/mol. The average Bonchev–Trinajstić information content (AvgIpc) is 2.91. The molecule has 0 bridgehead atoms. The van der Waals surface area contributed by atoms with Crippen LogP contribution in [0.15, 0.2) is 78.9 Å². The van der Waals surface area contributed by atoms with E-state index >= 15 is 0 Å². The third-order valence-corrected chi connectivity index (χ3v) is 7.00. The van der Waals surface area contributed by atoms with Gasteiger partial charge in [0.25, 0.3) is 0 Å². The lowest BCUT2D eigenvalue weighted by Crippen LogP contribution is -2.55. The number of hydrogen-bond acceptors (Lipinski definition) is 4. The molecule has 0 saturated carbocycles. The second-order valence-electron chi connectivity index (χ2n) is 9.03. The van der Waals surface area contributed by atoms with Crippen LogP contribution < -0.4 is 14.5 Å². The average molecular weight is 457 g/mol. The lowest BCUT2D eigenvalue weighted by atomic mass is 9.78. The number of aryl methyl sites for hydroxylation is 1. The first-order chi connectivity index (χ1) is 16.7. The minimum absolute atomic E-state index is 0.0000468. The molecular formula is C29H32N2O3. The van der Waals surface area contributed by atoms with Gasteiger partial charge in [-0.2, -0.15) is 0 Å². The van der Waals surface area contributed by atoms with Crippen LogP contribution in [0.4, 0.5) is 11.4 Å². The maximum absolute atomic E-state index is 13.3. The molecule has 5 nitrogen and oxygen atoms in total. The standard InChI is InChI=1S/C29H32N2O3/c1-33-26-16-14-25(15-17-26)31-28(23-10-12-24(13-11-23)30-18-20-34-21-19-30)27(29(31)32)9-5-8-22-6-3-2-4-7-22/h2-4,6-7,10-17,27-28H,5,8-9,18-21H2,1H3. The number of anilines is 2. The predicted molar refractivity (Wildman–Crippen MR) is 136 cm³/mol. The van der Waals surface area contributed by atoms with Gasteiger partial charge in [-0.1, -0.05) is 42.5 Å². The number of carbonyl (C=O) groups is 1. The van der Waals surface area contributed by atoms with Crippen LogP contribution in [0.25, 0.3) is 0 Å². The molecular weight excluding hydrogens is 424 g/mol. The highest BCUT2D eigenvalue weighted by Crippen LogP contribution is 2.46. The van der Waals surface area contributed by atoms with E-state index in [1.807, 2.05) is 35.2 Å². The van der Waals surface area contributed by atoms with Crippen LogP contribution in [-0.2, 0) is 16.0 Å². The third-order valence-electron chi connectivity index (χ3n) is 7.00. The first kappa shape index (κ1) is 22.5. The third kappa shape index (κ3) is 4.66. The van der Waals surface area contributed by atoms with Crippen molar-refractivity contribution in [2.75, 3.05) is 43.2 Å². The number of amides is 1. The highest BCUT2D eigenvalue weighted by atomic mass is 16.5. The fourth-order valence-corrected chi connectivity index (χ4v) is 5.12. The highest BCUT2D eigenvalue weighted by molar-refractivity contribution is 6.03. The van der Waals surface area contributed by atoms with Crippen molar-refractivity contribution in [1.29, 1.82) is 0 Å². The van der Waals surface area contributed by atoms with Gasteiger partial charge in [-0.05, 0) is 66.8 Å². The quantitative estimate of drug-likeness (QED) is 0.434. The molecule has 0 N–H and O–H groups in total. The van der Waals surface area contributed by atoms with Crippen molar-refractivity contribution in [3.63, 3.8) is 0 Å². The van der Waals surface area contributed by atoms with Crippen LogP contribution in [0.3, 0.4) is 0 Å². The lowest BCUT2D eigenvalue weighted by Gasteiger charge is -2.48. The van der Waals surface area contributed by atoms with Crippen molar-refractivity contribution in [3.05, 3.63) is 90.0 Å². The summed E-state index contributed by atoms with van der Waals surface area (Å²) in [5.41, 5.74) is 4.66. The Morgan fingerprint density at radius 2 is 1.56 bits per heavy atom. The molecule has 2 atom stereocenters. The fraction of sp³-hybridized carbons (Fsp3) is 0.345. The van der Waals surface area contributed by atoms with Crippen molar-refractivity contribution in [1.82, 2.24) is 0 Å². The molecule has 0 spiro atoms. The number of β-lactam (4-membered cyclic amide) rings is 1. The number of benzene rings is 3. The topological polar surface area (TPSA) is 42.0 Å². The zero-order valence-corrected chi connectivity index (χ0v) is 19.7. The molecule has 0 radical (unpaired) electrons. The van der Waals surface area contributed by atoms with Gasteiger partial charge < -0.3 is 19.3 Å². The molecule has 2 aliphatic rings. The van der Waals surface area contributed by atoms with E-state index in [0.717, 1.165) is 57.0 Å². The molecule has 1 amide bonds. The summed E-state index contributed by atoms with van der Waals surface area (Å²) in [7, 11) is 1.66. The van der Waals surface area contributed by atoms with Gasteiger partial charge >= 0.3 is 0 Å². The number of nitrogens with zero attached hydrogens (tertiary/aromatic N) is 2. The van der Waals surface area contributed by atoms with Crippen molar-refractivity contribution in [2.45, 2.75) is 25.3 Å². The van der Waals surface area contributed by atoms with E-state index in [4.69, 9.17) is 9.47 Å². The second kappa shape index (κ2) is 10.3. The molecule has 2 heterocycles. The smallest absolute Gasteiger partial charge is 0.233 e. The Balaban J connectivity index is 1.35. The van der Waals surface area contributed by atoms with Gasteiger partial charge in [0.1, 0.15) is 5.75 Å². The molecule has 2 unspecified atom stereocenters. The number of methoxy groups -OCH3 is 1. The van der Waals surface area contributed by atoms with Crippen molar-refractivity contribution < 1.29 is 14.3 Å². The van der Waals surface area contributed by atoms with Gasteiger partial charge in [-0.15, -0.1) is 0 Å². The molecule has 34 heavy (non-hydrogen) atoms. The Kier molecular flexibility index (Phi) is 6.82. The van der Waals surface area contributed by atoms with Crippen molar-refractivity contribution in [2.24, 2.45) is 5.92 Å². The summed E-state index contributed by atoms with van der Waals surface area (Å²) in [6.45, 7) is 3.38. The van der Waals surface area contributed by atoms with E-state index in [1.54, 1.807) is 7.11 Å². The van der Waals surface area contributed by atoms with Gasteiger partial charge in [-0.3, -0.25) is 4.79 Å². The highest BCUT2D eigenvalue weighted by Gasteiger charge is 2.48. The Bertz CT molecular complexity index is 1080. The van der Waals surface area contributed by atoms with Gasteiger partial charge in [0, 0.05) is 24.5 Å². The molecule has 3 aromatic carbocycles. The molecule has 5 rings (SSSR count). The molecule has 0 aromatic heterocycles. The molecule has 2 saturated heterocycles. The van der Waals surface area contributed by atoms with Crippen LogP contribution in [0.1, 0.15) is 30.0 Å². The zero-order valence-electron chi connectivity index (χ0n) is 19.7. The Labute approximate surface area is 201 Å². The summed E-state index contributed by atoms with van der Waals surface area (Å²) < 4.78 is 10.8. The van der Waals surface area contributed by atoms with Gasteiger partial charge in [0.2, 0.25) is 5.91 Å². The molecule has 2 fully saturated rings. The van der Waals surface area contributed by atoms with E-state index in [9.17, 15) is 4.79 Å². The van der Waals surface area contributed by atoms with E-state index in [1.165, 1.54) is 16.8 Å². The minimum Gasteiger partial charge on any atom is -0.497 e. The fourth-order valence-electron chi connectivity index (χ4n) is 5.12. The SMILES string of the molecule is COc1ccc(N2C(=O)C(CCCc3ccccc3)C2c2ccc(N3CCOCC3)cc2)cc1. The number of hydrogen-bond donors (Lipinski definition) is 0. The largest absolute Gasteiger partial charge is 0.497 e. The second-order valence-corrected chi connectivity index (χ2v) is 9.03. The van der Waals surface area contributed by atoms with Crippen LogP contribution >= 0.6 is 0 Å². The van der Waals surface area contributed by atoms with Gasteiger partial charge in [0.05, 0.1) is 32.3 Å². The number of ether oxygens (including phenoxy) is 2. The van der Waals surface area contributed by atoms with Crippen LogP contribution in [-0.4, -0.2) is 39.3 Å². The van der Waals surface area contributed by atoms with Crippen molar-refractivity contribution >= 4 is 17.3 Å². The summed E-state index contributed by atoms with van der Waals surface area (Å²) in [5.74, 6) is 1.00. The number of rotatable bonds is 8. The van der Waals surface area contributed by atoms with Crippen molar-refractivity contribution in [3.8, 4) is 5.75 Å². The lowest BCUT2D eigenvalue weighted by molar-refractivity contribution is -0.130. The van der Waals surface area contributed by atoms with E-state index < -0.39 is 0 Å². The minimum atomic E-state index is 0.0000468. The van der Waals surface area contributed by atoms with Gasteiger partial charge in [0.15, 0.2) is 0 Å². The molecule has 2 aliphatic heterocycles. The summed E-state index contributed by atoms with van der Waals surface area (Å²) in [5, 5.41) is 0. The molecule has 176 valence electrons. The van der Waals surface area contributed by atoms with E-state index in [2.05, 4.69) is 53.4 Å². The van der Waals surface area contributed by atoms with E-state index in [-0.39, 0.29) is 17.9 Å². The van der Waals surface area contributed by atoms with Gasteiger partial charge in [-0.25, -0.2) is 0 Å². The summed E-state index contributed by atoms with van der Waals surface area (Å²) in [4.78, 5) is 17.6. The maximum Gasteiger partial charge on any atom is 0.233 e. The summed E-state index contributed by atoms with van der Waals surface area (Å²) in [6.07, 6.45) is 2.88. The summed E-state index contributed by atoms with van der Waals surface area (Å²) in [6, 6.07) is 27.1. The summed E-state index contributed by atoms with van der Waals surface area (Å²) >= 11 is 0. The maximum atomic E-state index is 13.3. The first-order valence-corrected chi connectivity index (χ1v) is 12.2. The predicted octanol–water partition coefficient (Wildman–Crippen LogP) is 5.26.